The molecular formula is C18H11ClN2O. The minimum atomic E-state index is -0.0957. The van der Waals surface area contributed by atoms with Crippen molar-refractivity contribution in [3.63, 3.8) is 0 Å². The Morgan fingerprint density at radius 1 is 1.00 bits per heavy atom. The maximum Gasteiger partial charge on any atom is 0.264 e. The molecule has 0 spiro atoms. The second-order valence-electron chi connectivity index (χ2n) is 5.08. The number of benzene rings is 3. The smallest absolute Gasteiger partial charge is 0.264 e. The molecule has 0 saturated heterocycles. The molecule has 0 aliphatic carbocycles. The molecule has 0 atom stereocenters. The predicted octanol–water partition coefficient (Wildman–Crippen LogP) is 4.53. The molecule has 0 aliphatic rings. The van der Waals surface area contributed by atoms with Gasteiger partial charge in [-0.15, -0.1) is 0 Å². The van der Waals surface area contributed by atoms with Gasteiger partial charge in [-0.05, 0) is 35.0 Å². The van der Waals surface area contributed by atoms with Crippen molar-refractivity contribution in [2.75, 3.05) is 0 Å². The summed E-state index contributed by atoms with van der Waals surface area (Å²) in [7, 11) is 0. The molecule has 3 nitrogen and oxygen atoms in total. The lowest BCUT2D eigenvalue weighted by Gasteiger charge is -2.07. The van der Waals surface area contributed by atoms with Crippen LogP contribution in [-0.2, 0) is 0 Å². The highest BCUT2D eigenvalue weighted by Gasteiger charge is 2.14. The molecule has 0 radical (unpaired) electrons. The summed E-state index contributed by atoms with van der Waals surface area (Å²) in [5.74, 6) is -0.0957. The second-order valence-corrected chi connectivity index (χ2v) is 5.52. The molecule has 22 heavy (non-hydrogen) atoms. The lowest BCUT2D eigenvalue weighted by molar-refractivity contribution is 0.0966. The molecule has 0 aliphatic heterocycles. The quantitative estimate of drug-likeness (QED) is 0.518. The minimum absolute atomic E-state index is 0.0957. The molecule has 4 aromatic rings. The zero-order valence-electron chi connectivity index (χ0n) is 11.5. The number of rotatable bonds is 1. The van der Waals surface area contributed by atoms with Gasteiger partial charge in [0, 0.05) is 10.6 Å². The second kappa shape index (κ2) is 4.97. The zero-order valence-corrected chi connectivity index (χ0v) is 12.3. The van der Waals surface area contributed by atoms with Crippen LogP contribution in [0.1, 0.15) is 10.4 Å². The van der Waals surface area contributed by atoms with Gasteiger partial charge in [-0.1, -0.05) is 48.0 Å². The first-order chi connectivity index (χ1) is 10.7. The van der Waals surface area contributed by atoms with E-state index in [1.165, 1.54) is 0 Å². The van der Waals surface area contributed by atoms with E-state index in [0.29, 0.717) is 16.1 Å². The molecule has 106 valence electrons. The highest BCUT2D eigenvalue weighted by molar-refractivity contribution is 6.31. The van der Waals surface area contributed by atoms with Gasteiger partial charge in [0.15, 0.2) is 0 Å². The van der Waals surface area contributed by atoms with Crippen molar-refractivity contribution < 1.29 is 4.79 Å². The summed E-state index contributed by atoms with van der Waals surface area (Å²) in [5.41, 5.74) is 2.12. The number of carbonyl (C=O) groups is 1. The van der Waals surface area contributed by atoms with E-state index in [1.807, 2.05) is 48.5 Å². The maximum atomic E-state index is 12.9. The Bertz CT molecular complexity index is 1010. The van der Waals surface area contributed by atoms with Gasteiger partial charge in [-0.3, -0.25) is 9.36 Å². The van der Waals surface area contributed by atoms with Crippen LogP contribution >= 0.6 is 11.6 Å². The summed E-state index contributed by atoms with van der Waals surface area (Å²) in [5, 5.41) is 2.59. The maximum absolute atomic E-state index is 12.9. The first-order valence-electron chi connectivity index (χ1n) is 6.89. The van der Waals surface area contributed by atoms with Crippen molar-refractivity contribution in [1.82, 2.24) is 9.55 Å². The van der Waals surface area contributed by atoms with Crippen LogP contribution in [0.15, 0.2) is 67.0 Å². The van der Waals surface area contributed by atoms with Crippen molar-refractivity contribution in [1.29, 1.82) is 0 Å². The first-order valence-corrected chi connectivity index (χ1v) is 7.27. The van der Waals surface area contributed by atoms with E-state index in [9.17, 15) is 4.79 Å². The van der Waals surface area contributed by atoms with E-state index in [2.05, 4.69) is 4.98 Å². The van der Waals surface area contributed by atoms with Gasteiger partial charge in [-0.25, -0.2) is 4.98 Å². The van der Waals surface area contributed by atoms with Gasteiger partial charge in [0.05, 0.1) is 11.0 Å². The lowest BCUT2D eigenvalue weighted by atomic mass is 10.0. The minimum Gasteiger partial charge on any atom is -0.268 e. The fourth-order valence-corrected chi connectivity index (χ4v) is 2.86. The van der Waals surface area contributed by atoms with Crippen molar-refractivity contribution in [3.05, 3.63) is 77.6 Å². The number of aromatic nitrogens is 2. The molecular weight excluding hydrogens is 296 g/mol. The lowest BCUT2D eigenvalue weighted by Crippen LogP contribution is -2.11. The topological polar surface area (TPSA) is 34.9 Å². The van der Waals surface area contributed by atoms with Crippen LogP contribution in [0.2, 0.25) is 5.02 Å². The molecule has 3 aromatic carbocycles. The fourth-order valence-electron chi connectivity index (χ4n) is 2.69. The molecule has 4 rings (SSSR count). The molecule has 0 fully saturated rings. The van der Waals surface area contributed by atoms with E-state index < -0.39 is 0 Å². The third kappa shape index (κ3) is 1.98. The van der Waals surface area contributed by atoms with E-state index in [1.54, 1.807) is 23.0 Å². The summed E-state index contributed by atoms with van der Waals surface area (Å²) >= 11 is 5.97. The summed E-state index contributed by atoms with van der Waals surface area (Å²) < 4.78 is 1.56. The molecule has 0 amide bonds. The van der Waals surface area contributed by atoms with Crippen LogP contribution in [0.4, 0.5) is 0 Å². The van der Waals surface area contributed by atoms with Gasteiger partial charge < -0.3 is 0 Å². The van der Waals surface area contributed by atoms with Gasteiger partial charge in [-0.2, -0.15) is 0 Å². The molecule has 0 bridgehead atoms. The van der Waals surface area contributed by atoms with Crippen molar-refractivity contribution in [2.45, 2.75) is 0 Å². The Kier molecular flexibility index (Phi) is 2.94. The van der Waals surface area contributed by atoms with Crippen LogP contribution in [0.3, 0.4) is 0 Å². The van der Waals surface area contributed by atoms with Crippen LogP contribution in [0.5, 0.6) is 0 Å². The van der Waals surface area contributed by atoms with Gasteiger partial charge >= 0.3 is 0 Å². The highest BCUT2D eigenvalue weighted by atomic mass is 35.5. The number of carbonyl (C=O) groups excluding carboxylic acids is 1. The van der Waals surface area contributed by atoms with E-state index in [4.69, 9.17) is 11.6 Å². The number of hydrogen-bond donors (Lipinski definition) is 0. The summed E-state index contributed by atoms with van der Waals surface area (Å²) in [6, 6.07) is 18.9. The van der Waals surface area contributed by atoms with Gasteiger partial charge in [0.1, 0.15) is 6.33 Å². The Morgan fingerprint density at radius 2 is 1.82 bits per heavy atom. The molecule has 1 heterocycles. The van der Waals surface area contributed by atoms with Crippen molar-refractivity contribution >= 4 is 39.3 Å². The summed E-state index contributed by atoms with van der Waals surface area (Å²) in [6.45, 7) is 0. The largest absolute Gasteiger partial charge is 0.268 e. The number of imidazole rings is 1. The molecule has 1 aromatic heterocycles. The Labute approximate surface area is 131 Å². The van der Waals surface area contributed by atoms with Crippen LogP contribution in [-0.4, -0.2) is 15.5 Å². The normalized spacial score (nSPS) is 11.1. The Morgan fingerprint density at radius 3 is 2.73 bits per heavy atom. The third-order valence-electron chi connectivity index (χ3n) is 3.75. The molecule has 0 saturated carbocycles. The first kappa shape index (κ1) is 13.0. The van der Waals surface area contributed by atoms with Crippen molar-refractivity contribution in [3.8, 4) is 0 Å². The Balaban J connectivity index is 1.92. The molecule has 4 heteroatoms. The number of halogens is 1. The predicted molar refractivity (Wildman–Crippen MR) is 88.4 cm³/mol. The number of fused-ring (bicyclic) bond motifs is 2. The zero-order chi connectivity index (χ0) is 15.1. The van der Waals surface area contributed by atoms with E-state index >= 15 is 0 Å². The van der Waals surface area contributed by atoms with E-state index in [0.717, 1.165) is 16.3 Å². The standard InChI is InChI=1S/C18H11ClN2O/c19-13-8-9-17-16(10-13)20-11-21(17)18(22)15-7-3-5-12-4-1-2-6-14(12)15/h1-11H. The molecule has 0 N–H and O–H groups in total. The fraction of sp³-hybridized carbons (Fsp3) is 0. The summed E-state index contributed by atoms with van der Waals surface area (Å²) in [6.07, 6.45) is 1.55. The molecule has 0 unspecified atom stereocenters. The SMILES string of the molecule is O=C(c1cccc2ccccc12)n1cnc2cc(Cl)ccc21. The van der Waals surface area contributed by atoms with E-state index in [-0.39, 0.29) is 5.91 Å². The van der Waals surface area contributed by atoms with Gasteiger partial charge in [0.25, 0.3) is 5.91 Å². The monoisotopic (exact) mass is 306 g/mol. The third-order valence-corrected chi connectivity index (χ3v) is 3.98. The summed E-state index contributed by atoms with van der Waals surface area (Å²) in [4.78, 5) is 17.2. The Hall–Kier alpha value is -2.65. The average Bonchev–Trinajstić information content (AvgIpc) is 2.96. The highest BCUT2D eigenvalue weighted by Crippen LogP contribution is 2.23. The number of hydrogen-bond acceptors (Lipinski definition) is 2. The van der Waals surface area contributed by atoms with Crippen molar-refractivity contribution in [2.24, 2.45) is 0 Å². The van der Waals surface area contributed by atoms with Gasteiger partial charge in [0.2, 0.25) is 0 Å². The van der Waals surface area contributed by atoms with Crippen LogP contribution in [0.25, 0.3) is 21.8 Å². The number of nitrogens with zero attached hydrogens (tertiary/aromatic N) is 2. The van der Waals surface area contributed by atoms with Crippen LogP contribution < -0.4 is 0 Å². The van der Waals surface area contributed by atoms with Crippen LogP contribution in [0, 0.1) is 0 Å². The average molecular weight is 307 g/mol.